The maximum Gasteiger partial charge on any atom is 0.196 e. The molecular formula is C14H19NO2S. The summed E-state index contributed by atoms with van der Waals surface area (Å²) in [6.07, 6.45) is 0.919. The fourth-order valence-electron chi connectivity index (χ4n) is 1.63. The van der Waals surface area contributed by atoms with Crippen molar-refractivity contribution in [1.82, 2.24) is 0 Å². The maximum atomic E-state index is 12.2. The Morgan fingerprint density at radius 3 is 2.11 bits per heavy atom. The smallest absolute Gasteiger partial charge is 0.196 e. The highest BCUT2D eigenvalue weighted by molar-refractivity contribution is 7.93. The molecule has 98 valence electrons. The molecular weight excluding hydrogens is 246 g/mol. The molecule has 0 saturated carbocycles. The lowest BCUT2D eigenvalue weighted by atomic mass is 10.0. The van der Waals surface area contributed by atoms with Gasteiger partial charge in [-0.2, -0.15) is 5.26 Å². The van der Waals surface area contributed by atoms with Crippen LogP contribution in [0, 0.1) is 17.2 Å². The van der Waals surface area contributed by atoms with Gasteiger partial charge in [0.1, 0.15) is 0 Å². The largest absolute Gasteiger partial charge is 0.222 e. The first kappa shape index (κ1) is 14.7. The SMILES string of the molecule is CC(C)Cc1ccc(S(=O)(=O)C(C)(C)C#N)cc1. The zero-order valence-corrected chi connectivity index (χ0v) is 12.1. The van der Waals surface area contributed by atoms with Crippen LogP contribution in [0.15, 0.2) is 29.2 Å². The summed E-state index contributed by atoms with van der Waals surface area (Å²) < 4.78 is 23.0. The molecule has 1 aromatic carbocycles. The Bertz CT molecular complexity index is 548. The molecule has 0 aromatic heterocycles. The molecule has 0 N–H and O–H groups in total. The Labute approximate surface area is 109 Å². The van der Waals surface area contributed by atoms with Gasteiger partial charge < -0.3 is 0 Å². The Balaban J connectivity index is 3.11. The van der Waals surface area contributed by atoms with E-state index in [1.165, 1.54) is 13.8 Å². The van der Waals surface area contributed by atoms with Gasteiger partial charge in [0.25, 0.3) is 0 Å². The highest BCUT2D eigenvalue weighted by Gasteiger charge is 2.35. The summed E-state index contributed by atoms with van der Waals surface area (Å²) in [6, 6.07) is 8.66. The van der Waals surface area contributed by atoms with E-state index in [0.29, 0.717) is 5.92 Å². The molecule has 0 unspecified atom stereocenters. The van der Waals surface area contributed by atoms with E-state index in [-0.39, 0.29) is 4.90 Å². The van der Waals surface area contributed by atoms with Crippen LogP contribution in [0.5, 0.6) is 0 Å². The second-order valence-corrected chi connectivity index (χ2v) is 7.87. The van der Waals surface area contributed by atoms with Gasteiger partial charge in [0.2, 0.25) is 0 Å². The lowest BCUT2D eigenvalue weighted by Crippen LogP contribution is -2.29. The van der Waals surface area contributed by atoms with Gasteiger partial charge in [-0.15, -0.1) is 0 Å². The van der Waals surface area contributed by atoms with Crippen LogP contribution in [0.1, 0.15) is 33.3 Å². The van der Waals surface area contributed by atoms with Gasteiger partial charge in [-0.05, 0) is 43.9 Å². The Hall–Kier alpha value is -1.34. The molecule has 18 heavy (non-hydrogen) atoms. The van der Waals surface area contributed by atoms with Crippen LogP contribution in [0.3, 0.4) is 0 Å². The monoisotopic (exact) mass is 265 g/mol. The first-order valence-corrected chi connectivity index (χ1v) is 7.44. The van der Waals surface area contributed by atoms with E-state index in [0.717, 1.165) is 12.0 Å². The Morgan fingerprint density at radius 2 is 1.72 bits per heavy atom. The minimum atomic E-state index is -3.59. The molecule has 3 nitrogen and oxygen atoms in total. The van der Waals surface area contributed by atoms with Gasteiger partial charge >= 0.3 is 0 Å². The van der Waals surface area contributed by atoms with E-state index in [9.17, 15) is 8.42 Å². The predicted octanol–water partition coefficient (Wildman–Crippen LogP) is 2.96. The second kappa shape index (κ2) is 5.11. The van der Waals surface area contributed by atoms with Gasteiger partial charge in [-0.1, -0.05) is 26.0 Å². The van der Waals surface area contributed by atoms with Crippen molar-refractivity contribution in [3.05, 3.63) is 29.8 Å². The molecule has 0 bridgehead atoms. The highest BCUT2D eigenvalue weighted by atomic mass is 32.2. The molecule has 0 amide bonds. The minimum absolute atomic E-state index is 0.210. The van der Waals surface area contributed by atoms with E-state index in [1.54, 1.807) is 12.1 Å². The second-order valence-electron chi connectivity index (χ2n) is 5.37. The zero-order valence-electron chi connectivity index (χ0n) is 11.3. The van der Waals surface area contributed by atoms with Crippen molar-refractivity contribution in [3.63, 3.8) is 0 Å². The van der Waals surface area contributed by atoms with E-state index in [4.69, 9.17) is 5.26 Å². The van der Waals surface area contributed by atoms with Crippen LogP contribution in [0.25, 0.3) is 0 Å². The molecule has 0 fully saturated rings. The third-order valence-corrected chi connectivity index (χ3v) is 5.15. The number of hydrogen-bond acceptors (Lipinski definition) is 3. The molecule has 0 aliphatic heterocycles. The fourth-order valence-corrected chi connectivity index (χ4v) is 2.83. The molecule has 0 saturated heterocycles. The number of hydrogen-bond donors (Lipinski definition) is 0. The van der Waals surface area contributed by atoms with Crippen LogP contribution < -0.4 is 0 Å². The molecule has 0 radical (unpaired) electrons. The van der Waals surface area contributed by atoms with Crippen molar-refractivity contribution in [1.29, 1.82) is 5.26 Å². The molecule has 4 heteroatoms. The van der Waals surface area contributed by atoms with Crippen molar-refractivity contribution in [2.75, 3.05) is 0 Å². The molecule has 0 heterocycles. The standard InChI is InChI=1S/C14H19NO2S/c1-11(2)9-12-5-7-13(8-6-12)18(16,17)14(3,4)10-15/h5-8,11H,9H2,1-4H3. The quantitative estimate of drug-likeness (QED) is 0.841. The van der Waals surface area contributed by atoms with Gasteiger partial charge in [0.05, 0.1) is 11.0 Å². The average Bonchev–Trinajstić information content (AvgIpc) is 2.28. The lowest BCUT2D eigenvalue weighted by Gasteiger charge is -2.16. The summed E-state index contributed by atoms with van der Waals surface area (Å²) in [4.78, 5) is 0.210. The summed E-state index contributed by atoms with van der Waals surface area (Å²) in [7, 11) is -3.59. The number of sulfone groups is 1. The molecule has 0 aliphatic rings. The van der Waals surface area contributed by atoms with Crippen molar-refractivity contribution in [2.24, 2.45) is 5.92 Å². The third-order valence-electron chi connectivity index (χ3n) is 2.82. The van der Waals surface area contributed by atoms with Gasteiger partial charge in [0.15, 0.2) is 14.6 Å². The molecule has 0 atom stereocenters. The minimum Gasteiger partial charge on any atom is -0.222 e. The van der Waals surface area contributed by atoms with Gasteiger partial charge in [0, 0.05) is 0 Å². The van der Waals surface area contributed by atoms with E-state index >= 15 is 0 Å². The van der Waals surface area contributed by atoms with Crippen LogP contribution in [0.2, 0.25) is 0 Å². The number of nitrogens with zero attached hydrogens (tertiary/aromatic N) is 1. The van der Waals surface area contributed by atoms with Crippen molar-refractivity contribution < 1.29 is 8.42 Å². The van der Waals surface area contributed by atoms with E-state index in [2.05, 4.69) is 13.8 Å². The Morgan fingerprint density at radius 1 is 1.22 bits per heavy atom. The fraction of sp³-hybridized carbons (Fsp3) is 0.500. The van der Waals surface area contributed by atoms with E-state index in [1.807, 2.05) is 18.2 Å². The number of benzene rings is 1. The summed E-state index contributed by atoms with van der Waals surface area (Å²) in [5.74, 6) is 0.531. The topological polar surface area (TPSA) is 57.9 Å². The third kappa shape index (κ3) is 2.91. The summed E-state index contributed by atoms with van der Waals surface area (Å²) >= 11 is 0. The van der Waals surface area contributed by atoms with Crippen LogP contribution in [-0.2, 0) is 16.3 Å². The van der Waals surface area contributed by atoms with Crippen molar-refractivity contribution in [3.8, 4) is 6.07 Å². The van der Waals surface area contributed by atoms with E-state index < -0.39 is 14.6 Å². The normalized spacial score (nSPS) is 12.4. The first-order valence-electron chi connectivity index (χ1n) is 5.95. The maximum absolute atomic E-state index is 12.2. The molecule has 1 aromatic rings. The molecule has 1 rings (SSSR count). The molecule has 0 aliphatic carbocycles. The van der Waals surface area contributed by atoms with Crippen LogP contribution in [0.4, 0.5) is 0 Å². The summed E-state index contributed by atoms with van der Waals surface area (Å²) in [5.41, 5.74) is 1.11. The zero-order chi connectivity index (χ0) is 14.0. The number of nitriles is 1. The van der Waals surface area contributed by atoms with Gasteiger partial charge in [-0.3, -0.25) is 0 Å². The lowest BCUT2D eigenvalue weighted by molar-refractivity contribution is 0.574. The van der Waals surface area contributed by atoms with Crippen LogP contribution >= 0.6 is 0 Å². The Kier molecular flexibility index (Phi) is 4.18. The first-order chi connectivity index (χ1) is 8.20. The van der Waals surface area contributed by atoms with Crippen molar-refractivity contribution >= 4 is 9.84 Å². The summed E-state index contributed by atoms with van der Waals surface area (Å²) in [5, 5.41) is 8.94. The summed E-state index contributed by atoms with van der Waals surface area (Å²) in [6.45, 7) is 7.07. The highest BCUT2D eigenvalue weighted by Crippen LogP contribution is 2.25. The van der Waals surface area contributed by atoms with Gasteiger partial charge in [-0.25, -0.2) is 8.42 Å². The van der Waals surface area contributed by atoms with Crippen molar-refractivity contribution in [2.45, 2.75) is 43.8 Å². The molecule has 0 spiro atoms. The van der Waals surface area contributed by atoms with Crippen LogP contribution in [-0.4, -0.2) is 13.2 Å². The predicted molar refractivity (Wildman–Crippen MR) is 71.9 cm³/mol. The number of rotatable bonds is 4. The average molecular weight is 265 g/mol.